The van der Waals surface area contributed by atoms with Crippen molar-refractivity contribution in [1.29, 1.82) is 0 Å². The van der Waals surface area contributed by atoms with E-state index in [1.807, 2.05) is 12.1 Å². The first-order valence-electron chi connectivity index (χ1n) is 7.57. The van der Waals surface area contributed by atoms with Crippen LogP contribution in [0.25, 0.3) is 0 Å². The highest BCUT2D eigenvalue weighted by atomic mass is 16.5. The lowest BCUT2D eigenvalue weighted by Gasteiger charge is -2.12. The van der Waals surface area contributed by atoms with Gasteiger partial charge in [-0.05, 0) is 48.6 Å². The molecule has 2 heteroatoms. The number of ether oxygens (including phenoxy) is 1. The van der Waals surface area contributed by atoms with E-state index < -0.39 is 0 Å². The van der Waals surface area contributed by atoms with Crippen LogP contribution in [0.1, 0.15) is 30.5 Å². The van der Waals surface area contributed by atoms with Crippen molar-refractivity contribution in [2.24, 2.45) is 5.92 Å². The van der Waals surface area contributed by atoms with Crippen LogP contribution in [0.4, 0.5) is 5.69 Å². The average molecular weight is 283 g/mol. The number of hydrogen-bond acceptors (Lipinski definition) is 2. The predicted octanol–water partition coefficient (Wildman–Crippen LogP) is 4.95. The van der Waals surface area contributed by atoms with Gasteiger partial charge in [0.25, 0.3) is 0 Å². The number of benzene rings is 2. The van der Waals surface area contributed by atoms with E-state index in [0.29, 0.717) is 5.92 Å². The number of rotatable bonds is 6. The Labute approximate surface area is 128 Å². The topological polar surface area (TPSA) is 21.3 Å². The highest BCUT2D eigenvalue weighted by Gasteiger charge is 2.00. The zero-order valence-corrected chi connectivity index (χ0v) is 13.4. The van der Waals surface area contributed by atoms with Crippen molar-refractivity contribution in [3.8, 4) is 5.75 Å². The molecule has 0 heterocycles. The van der Waals surface area contributed by atoms with Gasteiger partial charge in [-0.1, -0.05) is 38.1 Å². The maximum absolute atomic E-state index is 5.75. The zero-order valence-electron chi connectivity index (χ0n) is 13.4. The second-order valence-electron chi connectivity index (χ2n) is 6.00. The van der Waals surface area contributed by atoms with Crippen molar-refractivity contribution >= 4 is 5.69 Å². The van der Waals surface area contributed by atoms with Crippen molar-refractivity contribution < 1.29 is 4.74 Å². The summed E-state index contributed by atoms with van der Waals surface area (Å²) < 4.78 is 5.75. The molecule has 0 aliphatic rings. The Balaban J connectivity index is 1.96. The molecule has 2 nitrogen and oxygen atoms in total. The van der Waals surface area contributed by atoms with Gasteiger partial charge < -0.3 is 10.1 Å². The summed E-state index contributed by atoms with van der Waals surface area (Å²) in [7, 11) is 0. The van der Waals surface area contributed by atoms with Crippen LogP contribution in [0.15, 0.2) is 42.5 Å². The van der Waals surface area contributed by atoms with Crippen LogP contribution >= 0.6 is 0 Å². The summed E-state index contributed by atoms with van der Waals surface area (Å²) in [6.45, 7) is 10.2. The first-order valence-corrected chi connectivity index (χ1v) is 7.57. The second-order valence-corrected chi connectivity index (χ2v) is 6.00. The standard InChI is InChI=1S/C19H25NO/c1-14(2)13-21-19-7-5-6-18(11-19)20-12-17-9-8-15(3)16(4)10-17/h5-11,14,20H,12-13H2,1-4H3. The molecule has 0 amide bonds. The van der Waals surface area contributed by atoms with Gasteiger partial charge in [-0.3, -0.25) is 0 Å². The minimum Gasteiger partial charge on any atom is -0.493 e. The number of aryl methyl sites for hydroxylation is 2. The summed E-state index contributed by atoms with van der Waals surface area (Å²) in [4.78, 5) is 0. The molecular weight excluding hydrogens is 258 g/mol. The Morgan fingerprint density at radius 2 is 1.81 bits per heavy atom. The van der Waals surface area contributed by atoms with Crippen molar-refractivity contribution in [2.75, 3.05) is 11.9 Å². The maximum atomic E-state index is 5.75. The molecule has 0 saturated carbocycles. The normalized spacial score (nSPS) is 10.7. The monoisotopic (exact) mass is 283 g/mol. The molecule has 21 heavy (non-hydrogen) atoms. The molecule has 0 aliphatic carbocycles. The molecular formula is C19H25NO. The molecule has 0 aliphatic heterocycles. The summed E-state index contributed by atoms with van der Waals surface area (Å²) in [5.41, 5.74) is 5.06. The van der Waals surface area contributed by atoms with Crippen LogP contribution in [0.2, 0.25) is 0 Å². The van der Waals surface area contributed by atoms with E-state index in [9.17, 15) is 0 Å². The van der Waals surface area contributed by atoms with Gasteiger partial charge in [-0.2, -0.15) is 0 Å². The van der Waals surface area contributed by atoms with E-state index in [1.165, 1.54) is 16.7 Å². The number of anilines is 1. The molecule has 0 radical (unpaired) electrons. The van der Waals surface area contributed by atoms with Gasteiger partial charge in [0, 0.05) is 18.3 Å². The largest absolute Gasteiger partial charge is 0.493 e. The lowest BCUT2D eigenvalue weighted by Crippen LogP contribution is -2.05. The molecule has 0 unspecified atom stereocenters. The molecule has 1 N–H and O–H groups in total. The summed E-state index contributed by atoms with van der Waals surface area (Å²) in [5, 5.41) is 3.46. The summed E-state index contributed by atoms with van der Waals surface area (Å²) in [6, 6.07) is 14.7. The third-order valence-electron chi connectivity index (χ3n) is 3.49. The van der Waals surface area contributed by atoms with Crippen LogP contribution in [-0.2, 0) is 6.54 Å². The Morgan fingerprint density at radius 3 is 2.52 bits per heavy atom. The number of nitrogens with one attached hydrogen (secondary N) is 1. The quantitative estimate of drug-likeness (QED) is 0.810. The molecule has 0 fully saturated rings. The van der Waals surface area contributed by atoms with Gasteiger partial charge in [0.2, 0.25) is 0 Å². The SMILES string of the molecule is Cc1ccc(CNc2cccc(OCC(C)C)c2)cc1C. The van der Waals surface area contributed by atoms with Gasteiger partial charge in [-0.15, -0.1) is 0 Å². The van der Waals surface area contributed by atoms with Crippen LogP contribution < -0.4 is 10.1 Å². The highest BCUT2D eigenvalue weighted by Crippen LogP contribution is 2.19. The van der Waals surface area contributed by atoms with E-state index in [1.54, 1.807) is 0 Å². The van der Waals surface area contributed by atoms with E-state index in [4.69, 9.17) is 4.74 Å². The molecule has 0 aromatic heterocycles. The molecule has 2 aromatic carbocycles. The molecule has 0 atom stereocenters. The molecule has 2 aromatic rings. The first kappa shape index (κ1) is 15.4. The summed E-state index contributed by atoms with van der Waals surface area (Å²) in [5.74, 6) is 1.46. The molecule has 112 valence electrons. The van der Waals surface area contributed by atoms with E-state index in [2.05, 4.69) is 63.3 Å². The Kier molecular flexibility index (Phi) is 5.26. The van der Waals surface area contributed by atoms with Gasteiger partial charge in [0.05, 0.1) is 6.61 Å². The minimum absolute atomic E-state index is 0.539. The molecule has 0 bridgehead atoms. The predicted molar refractivity (Wildman–Crippen MR) is 90.0 cm³/mol. The lowest BCUT2D eigenvalue weighted by molar-refractivity contribution is 0.271. The first-order chi connectivity index (χ1) is 10.0. The third kappa shape index (κ3) is 4.82. The third-order valence-corrected chi connectivity index (χ3v) is 3.49. The van der Waals surface area contributed by atoms with E-state index in [-0.39, 0.29) is 0 Å². The van der Waals surface area contributed by atoms with Crippen molar-refractivity contribution in [3.63, 3.8) is 0 Å². The fraction of sp³-hybridized carbons (Fsp3) is 0.368. The average Bonchev–Trinajstić information content (AvgIpc) is 2.47. The Morgan fingerprint density at radius 1 is 1.00 bits per heavy atom. The van der Waals surface area contributed by atoms with Crippen LogP contribution in [-0.4, -0.2) is 6.61 Å². The van der Waals surface area contributed by atoms with Gasteiger partial charge in [0.15, 0.2) is 0 Å². The zero-order chi connectivity index (χ0) is 15.2. The van der Waals surface area contributed by atoms with Crippen LogP contribution in [0, 0.1) is 19.8 Å². The Hall–Kier alpha value is -1.96. The highest BCUT2D eigenvalue weighted by molar-refractivity contribution is 5.48. The van der Waals surface area contributed by atoms with Gasteiger partial charge in [0.1, 0.15) is 5.75 Å². The maximum Gasteiger partial charge on any atom is 0.121 e. The van der Waals surface area contributed by atoms with Crippen LogP contribution in [0.5, 0.6) is 5.75 Å². The minimum atomic E-state index is 0.539. The fourth-order valence-electron chi connectivity index (χ4n) is 2.08. The second kappa shape index (κ2) is 7.16. The Bertz CT molecular complexity index is 590. The van der Waals surface area contributed by atoms with E-state index >= 15 is 0 Å². The summed E-state index contributed by atoms with van der Waals surface area (Å²) in [6.07, 6.45) is 0. The van der Waals surface area contributed by atoms with Crippen LogP contribution in [0.3, 0.4) is 0 Å². The number of hydrogen-bond donors (Lipinski definition) is 1. The fourth-order valence-corrected chi connectivity index (χ4v) is 2.08. The molecule has 0 spiro atoms. The summed E-state index contributed by atoms with van der Waals surface area (Å²) >= 11 is 0. The molecule has 2 rings (SSSR count). The van der Waals surface area contributed by atoms with Gasteiger partial charge in [-0.25, -0.2) is 0 Å². The van der Waals surface area contributed by atoms with Gasteiger partial charge >= 0.3 is 0 Å². The molecule has 0 saturated heterocycles. The smallest absolute Gasteiger partial charge is 0.121 e. The van der Waals surface area contributed by atoms with Crippen molar-refractivity contribution in [1.82, 2.24) is 0 Å². The van der Waals surface area contributed by atoms with Crippen molar-refractivity contribution in [3.05, 3.63) is 59.2 Å². The lowest BCUT2D eigenvalue weighted by atomic mass is 10.1. The van der Waals surface area contributed by atoms with Crippen molar-refractivity contribution in [2.45, 2.75) is 34.2 Å². The van der Waals surface area contributed by atoms with E-state index in [0.717, 1.165) is 24.6 Å².